The maximum atomic E-state index is 4.04. The largest absolute Gasteiger partial charge is 0.369 e. The molecular weight excluding hydrogens is 138 g/mol. The van der Waals surface area contributed by atoms with Gasteiger partial charge in [0.1, 0.15) is 6.67 Å². The van der Waals surface area contributed by atoms with Crippen LogP contribution < -0.4 is 5.32 Å². The zero-order valence-corrected chi connectivity index (χ0v) is 7.39. The number of hydrogen-bond donors (Lipinski definition) is 1. The van der Waals surface area contributed by atoms with Crippen LogP contribution in [-0.4, -0.2) is 6.67 Å². The summed E-state index contributed by atoms with van der Waals surface area (Å²) in [7, 11) is 0. The highest BCUT2D eigenvalue weighted by molar-refractivity contribution is 5.01. The summed E-state index contributed by atoms with van der Waals surface area (Å²) < 4.78 is 0. The summed E-state index contributed by atoms with van der Waals surface area (Å²) in [5.41, 5.74) is 1.34. The van der Waals surface area contributed by atoms with E-state index < -0.39 is 0 Å². The van der Waals surface area contributed by atoms with E-state index in [1.165, 1.54) is 0 Å². The molecule has 0 spiro atoms. The fourth-order valence-electron chi connectivity index (χ4n) is 0.989. The van der Waals surface area contributed by atoms with Crippen molar-refractivity contribution in [3.63, 3.8) is 0 Å². The van der Waals surface area contributed by atoms with Crippen LogP contribution in [0.2, 0.25) is 0 Å². The van der Waals surface area contributed by atoms with Crippen LogP contribution in [0.4, 0.5) is 0 Å². The van der Waals surface area contributed by atoms with E-state index in [-0.39, 0.29) is 0 Å². The lowest BCUT2D eigenvalue weighted by atomic mass is 9.91. The summed E-state index contributed by atoms with van der Waals surface area (Å²) in [6.07, 6.45) is 2.92. The molecule has 0 saturated heterocycles. The first-order valence-electron chi connectivity index (χ1n) is 3.88. The van der Waals surface area contributed by atoms with Gasteiger partial charge in [0.05, 0.1) is 5.70 Å². The second-order valence-electron chi connectivity index (χ2n) is 3.98. The Morgan fingerprint density at radius 1 is 1.55 bits per heavy atom. The van der Waals surface area contributed by atoms with Crippen LogP contribution in [0.15, 0.2) is 22.1 Å². The number of nitrogens with one attached hydrogen (secondary N) is 1. The third-order valence-corrected chi connectivity index (χ3v) is 1.34. The molecule has 1 aliphatic rings. The molecule has 1 N–H and O–H groups in total. The van der Waals surface area contributed by atoms with Crippen LogP contribution in [0, 0.1) is 5.41 Å². The van der Waals surface area contributed by atoms with E-state index in [9.17, 15) is 0 Å². The lowest BCUT2D eigenvalue weighted by Crippen LogP contribution is -2.12. The quantitative estimate of drug-likeness (QED) is 0.616. The van der Waals surface area contributed by atoms with Gasteiger partial charge in [-0.05, 0) is 11.8 Å². The molecule has 0 bridgehead atoms. The highest BCUT2D eigenvalue weighted by Gasteiger charge is 2.13. The predicted octanol–water partition coefficient (Wildman–Crippen LogP) is 2.28. The van der Waals surface area contributed by atoms with E-state index in [1.54, 1.807) is 0 Å². The van der Waals surface area contributed by atoms with E-state index in [4.69, 9.17) is 0 Å². The summed E-state index contributed by atoms with van der Waals surface area (Å²) in [4.78, 5) is 0. The molecule has 1 heterocycles. The first-order valence-corrected chi connectivity index (χ1v) is 3.88. The Hall–Kier alpha value is -0.860. The van der Waals surface area contributed by atoms with Gasteiger partial charge in [0, 0.05) is 6.20 Å². The number of nitrogens with zero attached hydrogens (tertiary/aromatic N) is 2. The minimum Gasteiger partial charge on any atom is -0.369 e. The van der Waals surface area contributed by atoms with Gasteiger partial charge in [0.2, 0.25) is 0 Å². The van der Waals surface area contributed by atoms with E-state index in [1.807, 2.05) is 6.20 Å². The lowest BCUT2D eigenvalue weighted by molar-refractivity contribution is 0.403. The summed E-state index contributed by atoms with van der Waals surface area (Å²) in [5.74, 6) is 0. The minimum atomic E-state index is 0.296. The molecule has 1 aliphatic heterocycles. The van der Waals surface area contributed by atoms with Gasteiger partial charge in [-0.3, -0.25) is 0 Å². The normalized spacial score (nSPS) is 17.5. The smallest absolute Gasteiger partial charge is 0.129 e. The SMILES string of the molecule is CC(C)(C)CC1=CNCN=N1. The van der Waals surface area contributed by atoms with Crippen LogP contribution >= 0.6 is 0 Å². The van der Waals surface area contributed by atoms with Crippen molar-refractivity contribution >= 4 is 0 Å². The topological polar surface area (TPSA) is 36.8 Å². The Morgan fingerprint density at radius 2 is 2.27 bits per heavy atom. The van der Waals surface area contributed by atoms with Gasteiger partial charge in [0.15, 0.2) is 0 Å². The molecule has 3 nitrogen and oxygen atoms in total. The number of rotatable bonds is 1. The Kier molecular flexibility index (Phi) is 2.27. The Morgan fingerprint density at radius 3 is 2.73 bits per heavy atom. The number of hydrogen-bond acceptors (Lipinski definition) is 3. The molecule has 62 valence electrons. The van der Waals surface area contributed by atoms with Crippen molar-refractivity contribution in [1.29, 1.82) is 0 Å². The summed E-state index contributed by atoms with van der Waals surface area (Å²) in [6.45, 7) is 7.20. The average Bonchev–Trinajstić information content (AvgIpc) is 1.85. The van der Waals surface area contributed by atoms with Crippen LogP contribution in [0.5, 0.6) is 0 Å². The molecule has 0 atom stereocenters. The standard InChI is InChI=1S/C8H15N3/c1-8(2,3)4-7-5-9-6-10-11-7/h5,9H,4,6H2,1-3H3. The molecule has 0 saturated carbocycles. The van der Waals surface area contributed by atoms with Crippen molar-refractivity contribution in [2.45, 2.75) is 27.2 Å². The van der Waals surface area contributed by atoms with Crippen molar-refractivity contribution in [3.05, 3.63) is 11.9 Å². The molecular formula is C8H15N3. The number of azo groups is 1. The van der Waals surface area contributed by atoms with Gasteiger partial charge in [0.25, 0.3) is 0 Å². The van der Waals surface area contributed by atoms with Gasteiger partial charge in [-0.1, -0.05) is 20.8 Å². The summed E-state index contributed by atoms with van der Waals surface area (Å²) in [6, 6.07) is 0. The Labute approximate surface area is 67.6 Å². The van der Waals surface area contributed by atoms with Crippen molar-refractivity contribution in [2.24, 2.45) is 15.6 Å². The lowest BCUT2D eigenvalue weighted by Gasteiger charge is -2.18. The van der Waals surface area contributed by atoms with Crippen molar-refractivity contribution in [1.82, 2.24) is 5.32 Å². The molecule has 11 heavy (non-hydrogen) atoms. The molecule has 0 amide bonds. The van der Waals surface area contributed by atoms with Gasteiger partial charge in [-0.25, -0.2) is 0 Å². The van der Waals surface area contributed by atoms with E-state index in [0.717, 1.165) is 12.1 Å². The van der Waals surface area contributed by atoms with Gasteiger partial charge >= 0.3 is 0 Å². The number of allylic oxidation sites excluding steroid dienone is 1. The van der Waals surface area contributed by atoms with E-state index in [2.05, 4.69) is 36.3 Å². The zero-order valence-electron chi connectivity index (χ0n) is 7.39. The molecule has 0 fully saturated rings. The Bertz CT molecular complexity index is 186. The van der Waals surface area contributed by atoms with E-state index >= 15 is 0 Å². The average molecular weight is 153 g/mol. The first-order chi connectivity index (χ1) is 5.08. The maximum absolute atomic E-state index is 4.04. The van der Waals surface area contributed by atoms with Gasteiger partial charge < -0.3 is 5.32 Å². The molecule has 0 aromatic rings. The third-order valence-electron chi connectivity index (χ3n) is 1.34. The predicted molar refractivity (Wildman–Crippen MR) is 45.0 cm³/mol. The van der Waals surface area contributed by atoms with Crippen LogP contribution in [0.25, 0.3) is 0 Å². The van der Waals surface area contributed by atoms with E-state index in [0.29, 0.717) is 12.1 Å². The fourth-order valence-corrected chi connectivity index (χ4v) is 0.989. The summed E-state index contributed by atoms with van der Waals surface area (Å²) in [5, 5.41) is 11.0. The monoisotopic (exact) mass is 153 g/mol. The highest BCUT2D eigenvalue weighted by atomic mass is 15.2. The van der Waals surface area contributed by atoms with Gasteiger partial charge in [-0.15, -0.1) is 0 Å². The first kappa shape index (κ1) is 8.24. The zero-order chi connectivity index (χ0) is 8.32. The minimum absolute atomic E-state index is 0.296. The molecule has 0 aliphatic carbocycles. The van der Waals surface area contributed by atoms with Crippen molar-refractivity contribution in [3.8, 4) is 0 Å². The fraction of sp³-hybridized carbons (Fsp3) is 0.750. The van der Waals surface area contributed by atoms with Crippen LogP contribution in [0.3, 0.4) is 0 Å². The van der Waals surface area contributed by atoms with Crippen molar-refractivity contribution < 1.29 is 0 Å². The molecule has 0 unspecified atom stereocenters. The summed E-state index contributed by atoms with van der Waals surface area (Å²) >= 11 is 0. The second-order valence-corrected chi connectivity index (χ2v) is 3.98. The Balaban J connectivity index is 2.49. The third kappa shape index (κ3) is 3.16. The van der Waals surface area contributed by atoms with Crippen LogP contribution in [0.1, 0.15) is 27.2 Å². The second kappa shape index (κ2) is 3.03. The van der Waals surface area contributed by atoms with Crippen molar-refractivity contribution in [2.75, 3.05) is 6.67 Å². The molecule has 0 radical (unpaired) electrons. The van der Waals surface area contributed by atoms with Gasteiger partial charge in [-0.2, -0.15) is 10.2 Å². The molecule has 1 rings (SSSR count). The highest BCUT2D eigenvalue weighted by Crippen LogP contribution is 2.24. The molecule has 0 aromatic heterocycles. The maximum Gasteiger partial charge on any atom is 0.129 e. The van der Waals surface area contributed by atoms with Crippen LogP contribution in [-0.2, 0) is 0 Å². The molecule has 3 heteroatoms. The molecule has 0 aromatic carbocycles.